The van der Waals surface area contributed by atoms with Crippen LogP contribution in [0.2, 0.25) is 0 Å². The Bertz CT molecular complexity index is 2160. The maximum absolute atomic E-state index is 14.4. The molecule has 7 amide bonds. The molecule has 370 valence electrons. The van der Waals surface area contributed by atoms with Gasteiger partial charge in [0, 0.05) is 30.3 Å². The number of carboxylic acids is 2. The molecule has 0 aliphatic carbocycles. The normalized spacial score (nSPS) is 14.1. The van der Waals surface area contributed by atoms with Crippen molar-refractivity contribution in [2.75, 3.05) is 24.0 Å². The number of thioether (sulfide) groups is 2. The van der Waals surface area contributed by atoms with Crippen molar-refractivity contribution in [3.63, 3.8) is 0 Å². The van der Waals surface area contributed by atoms with Gasteiger partial charge in [0.05, 0.1) is 18.8 Å². The Kier molecular flexibility index (Phi) is 23.5. The molecule has 0 aliphatic rings. The van der Waals surface area contributed by atoms with Gasteiger partial charge in [0.2, 0.25) is 41.4 Å². The quantitative estimate of drug-likeness (QED) is 0.0415. The minimum Gasteiger partial charge on any atom is -0.481 e. The van der Waals surface area contributed by atoms with Gasteiger partial charge in [-0.05, 0) is 78.9 Å². The summed E-state index contributed by atoms with van der Waals surface area (Å²) in [6.45, 7) is 3.59. The van der Waals surface area contributed by atoms with E-state index in [0.29, 0.717) is 28.3 Å². The number of rotatable bonds is 30. The summed E-state index contributed by atoms with van der Waals surface area (Å²) in [7, 11) is 0. The van der Waals surface area contributed by atoms with E-state index in [-0.39, 0.29) is 50.0 Å². The van der Waals surface area contributed by atoms with Crippen LogP contribution in [-0.4, -0.2) is 140 Å². The standard InChI is InChI=1S/C45H62N10O11S2/c1-25(2)18-33(42(62)51-32(15-17-68-4)41(61)55-36(45(65)66)22-37(56)57)52-44(64)35(21-29-23-48-24-49-29)54-43(63)34(20-26-8-6-5-7-9-26)53-40(60)31(14-16-67-3)50-39(59)30(46)19-27-10-12-28(13-11-27)38(47)58/h5-13,23-25,30-36H,14-22,46H2,1-4H3,(H2,47,58)(H,48,49)(H,50,59)(H,51,62)(H,52,64)(H,53,60)(H,54,63)(H,55,61)(H,56,57)(H,65,66)/t30-,31-,32-,33-,34-,35-,36-/m0/s1. The average molecular weight is 983 g/mol. The van der Waals surface area contributed by atoms with Gasteiger partial charge in [-0.3, -0.25) is 38.4 Å². The number of aromatic amines is 1. The van der Waals surface area contributed by atoms with Gasteiger partial charge in [0.15, 0.2) is 0 Å². The van der Waals surface area contributed by atoms with Crippen molar-refractivity contribution in [3.05, 3.63) is 89.5 Å². The van der Waals surface area contributed by atoms with E-state index in [4.69, 9.17) is 11.5 Å². The molecular formula is C45H62N10O11S2. The number of carbonyl (C=O) groups is 9. The topological polar surface area (TPSA) is 347 Å². The molecule has 3 aromatic rings. The van der Waals surface area contributed by atoms with Crippen molar-refractivity contribution in [1.82, 2.24) is 41.9 Å². The molecule has 7 atom stereocenters. The van der Waals surface area contributed by atoms with Crippen LogP contribution in [0, 0.1) is 5.92 Å². The monoisotopic (exact) mass is 982 g/mol. The van der Waals surface area contributed by atoms with Crippen LogP contribution in [0.15, 0.2) is 67.1 Å². The second kappa shape index (κ2) is 28.7. The van der Waals surface area contributed by atoms with Gasteiger partial charge < -0.3 is 58.6 Å². The summed E-state index contributed by atoms with van der Waals surface area (Å²) in [4.78, 5) is 125. The zero-order valence-corrected chi connectivity index (χ0v) is 40.0. The molecule has 0 saturated heterocycles. The highest BCUT2D eigenvalue weighted by Crippen LogP contribution is 2.13. The molecule has 1 aromatic heterocycles. The van der Waals surface area contributed by atoms with Crippen LogP contribution in [-0.2, 0) is 57.6 Å². The highest BCUT2D eigenvalue weighted by molar-refractivity contribution is 7.98. The summed E-state index contributed by atoms with van der Waals surface area (Å²) < 4.78 is 0. The first kappa shape index (κ1) is 55.9. The molecule has 0 spiro atoms. The van der Waals surface area contributed by atoms with E-state index in [1.807, 2.05) is 6.26 Å². The van der Waals surface area contributed by atoms with Crippen LogP contribution in [0.5, 0.6) is 0 Å². The number of aliphatic carboxylic acids is 2. The number of benzene rings is 2. The maximum Gasteiger partial charge on any atom is 0.326 e. The van der Waals surface area contributed by atoms with Gasteiger partial charge in [0.25, 0.3) is 0 Å². The lowest BCUT2D eigenvalue weighted by molar-refractivity contribution is -0.147. The summed E-state index contributed by atoms with van der Waals surface area (Å²) in [6.07, 6.45) is 5.67. The van der Waals surface area contributed by atoms with Crippen molar-refractivity contribution in [3.8, 4) is 0 Å². The third-order valence-electron chi connectivity index (χ3n) is 10.4. The van der Waals surface area contributed by atoms with Crippen molar-refractivity contribution in [2.45, 2.75) is 101 Å². The number of nitrogens with zero attached hydrogens (tertiary/aromatic N) is 1. The average Bonchev–Trinajstić information content (AvgIpc) is 3.81. The van der Waals surface area contributed by atoms with Crippen LogP contribution in [0.4, 0.5) is 0 Å². The first-order valence-electron chi connectivity index (χ1n) is 21.7. The van der Waals surface area contributed by atoms with Crippen LogP contribution in [0.3, 0.4) is 0 Å². The summed E-state index contributed by atoms with van der Waals surface area (Å²) >= 11 is 2.78. The molecule has 0 unspecified atom stereocenters. The Balaban J connectivity index is 1.89. The number of carboxylic acid groups (broad SMARTS) is 2. The number of H-pyrrole nitrogens is 1. The number of nitrogens with one attached hydrogen (secondary N) is 7. The van der Waals surface area contributed by atoms with Crippen LogP contribution < -0.4 is 43.4 Å². The van der Waals surface area contributed by atoms with Crippen molar-refractivity contribution in [1.29, 1.82) is 0 Å². The number of carbonyl (C=O) groups excluding carboxylic acids is 7. The first-order valence-corrected chi connectivity index (χ1v) is 24.5. The molecule has 0 fully saturated rings. The van der Waals surface area contributed by atoms with E-state index in [9.17, 15) is 53.4 Å². The van der Waals surface area contributed by atoms with Gasteiger partial charge in [-0.1, -0.05) is 56.3 Å². The first-order chi connectivity index (χ1) is 32.3. The second-order valence-electron chi connectivity index (χ2n) is 16.3. The van der Waals surface area contributed by atoms with Crippen LogP contribution >= 0.6 is 23.5 Å². The zero-order chi connectivity index (χ0) is 50.3. The molecule has 23 heteroatoms. The molecule has 0 saturated carbocycles. The number of nitrogens with two attached hydrogens (primary N) is 2. The fraction of sp³-hybridized carbons (Fsp3) is 0.467. The van der Waals surface area contributed by atoms with Crippen molar-refractivity contribution in [2.24, 2.45) is 17.4 Å². The Morgan fingerprint density at radius 1 is 0.618 bits per heavy atom. The van der Waals surface area contributed by atoms with Gasteiger partial charge in [-0.25, -0.2) is 9.78 Å². The van der Waals surface area contributed by atoms with E-state index in [0.717, 1.165) is 0 Å². The largest absolute Gasteiger partial charge is 0.481 e. The summed E-state index contributed by atoms with van der Waals surface area (Å²) in [6, 6.07) is 5.82. The molecular weight excluding hydrogens is 921 g/mol. The molecule has 0 radical (unpaired) electrons. The molecule has 3 rings (SSSR count). The third kappa shape index (κ3) is 19.4. The molecule has 13 N–H and O–H groups in total. The predicted octanol–water partition coefficient (Wildman–Crippen LogP) is -0.116. The molecule has 68 heavy (non-hydrogen) atoms. The third-order valence-corrected chi connectivity index (χ3v) is 11.7. The van der Waals surface area contributed by atoms with Gasteiger partial charge in [-0.2, -0.15) is 23.5 Å². The smallest absolute Gasteiger partial charge is 0.326 e. The van der Waals surface area contributed by atoms with E-state index >= 15 is 0 Å². The Hall–Kier alpha value is -6.46. The van der Waals surface area contributed by atoms with Crippen LogP contribution in [0.1, 0.15) is 66.7 Å². The van der Waals surface area contributed by atoms with Gasteiger partial charge in [-0.15, -0.1) is 0 Å². The molecule has 0 aliphatic heterocycles. The Labute approximate surface area is 402 Å². The van der Waals surface area contributed by atoms with Gasteiger partial charge >= 0.3 is 11.9 Å². The molecule has 2 aromatic carbocycles. The Morgan fingerprint density at radius 3 is 1.57 bits per heavy atom. The minimum absolute atomic E-state index is 0.0338. The van der Waals surface area contributed by atoms with E-state index in [2.05, 4.69) is 41.9 Å². The van der Waals surface area contributed by atoms with Gasteiger partial charge in [0.1, 0.15) is 36.3 Å². The summed E-state index contributed by atoms with van der Waals surface area (Å²) in [5.41, 5.74) is 13.6. The Morgan fingerprint density at radius 2 is 1.09 bits per heavy atom. The number of hydrogen-bond donors (Lipinski definition) is 11. The number of imidazole rings is 1. The van der Waals surface area contributed by atoms with E-state index in [1.54, 1.807) is 62.6 Å². The lowest BCUT2D eigenvalue weighted by Gasteiger charge is -2.28. The lowest BCUT2D eigenvalue weighted by atomic mass is 10.0. The maximum atomic E-state index is 14.4. The lowest BCUT2D eigenvalue weighted by Crippen LogP contribution is -2.60. The predicted molar refractivity (Wildman–Crippen MR) is 256 cm³/mol. The minimum atomic E-state index is -1.77. The highest BCUT2D eigenvalue weighted by Gasteiger charge is 2.35. The number of primary amides is 1. The van der Waals surface area contributed by atoms with E-state index < -0.39 is 102 Å². The SMILES string of the molecule is CSCC[C@H](NC(=O)[C@H](CC(C)C)NC(=O)[C@H](Cc1cnc[nH]1)NC(=O)[C@H](Cc1ccccc1)NC(=O)[C@H](CCSC)NC(=O)[C@@H](N)Cc1ccc(C(N)=O)cc1)C(=O)N[C@@H](CC(=O)O)C(=O)O. The second-order valence-corrected chi connectivity index (χ2v) is 18.3. The zero-order valence-electron chi connectivity index (χ0n) is 38.3. The number of amides is 7. The van der Waals surface area contributed by atoms with E-state index in [1.165, 1.54) is 48.2 Å². The van der Waals surface area contributed by atoms with Crippen molar-refractivity contribution >= 4 is 76.8 Å². The summed E-state index contributed by atoms with van der Waals surface area (Å²) in [5, 5.41) is 34.4. The fourth-order valence-electron chi connectivity index (χ4n) is 6.76. The molecule has 1 heterocycles. The van der Waals surface area contributed by atoms with Crippen molar-refractivity contribution < 1.29 is 53.4 Å². The molecule has 21 nitrogen and oxygen atoms in total. The van der Waals surface area contributed by atoms with Crippen LogP contribution in [0.25, 0.3) is 0 Å². The summed E-state index contributed by atoms with van der Waals surface area (Å²) in [5.74, 6) is -7.68. The number of aromatic nitrogens is 2. The highest BCUT2D eigenvalue weighted by atomic mass is 32.2. The number of hydrogen-bond acceptors (Lipinski definition) is 13. The molecule has 0 bridgehead atoms. The fourth-order valence-corrected chi connectivity index (χ4v) is 7.71.